The van der Waals surface area contributed by atoms with E-state index in [-0.39, 0.29) is 16.9 Å². The molecule has 3 nitrogen and oxygen atoms in total. The maximum absolute atomic E-state index is 11.8. The number of rotatable bonds is 4. The van der Waals surface area contributed by atoms with Gasteiger partial charge in [0.2, 0.25) is 0 Å². The van der Waals surface area contributed by atoms with Crippen molar-refractivity contribution in [3.8, 4) is 0 Å². The number of hydrogen-bond acceptors (Lipinski definition) is 4. The quantitative estimate of drug-likeness (QED) is 0.718. The summed E-state index contributed by atoms with van der Waals surface area (Å²) in [4.78, 5) is 13.5. The Morgan fingerprint density at radius 3 is 2.11 bits per heavy atom. The van der Waals surface area contributed by atoms with Crippen LogP contribution in [-0.4, -0.2) is 40.2 Å². The molecule has 0 fully saturated rings. The largest absolute Gasteiger partial charge is 0.444 e. The van der Waals surface area contributed by atoms with E-state index in [1.165, 1.54) is 0 Å². The zero-order chi connectivity index (χ0) is 14.6. The van der Waals surface area contributed by atoms with Gasteiger partial charge in [0.1, 0.15) is 5.60 Å². The molecule has 108 valence electrons. The SMILES string of the molecule is C[C@H](CSSC(C)(C)C)N(C)C(=O)OC(C)(C)C. The van der Waals surface area contributed by atoms with Gasteiger partial charge in [0.25, 0.3) is 0 Å². The van der Waals surface area contributed by atoms with Gasteiger partial charge in [0.15, 0.2) is 0 Å². The summed E-state index contributed by atoms with van der Waals surface area (Å²) in [7, 11) is 5.43. The van der Waals surface area contributed by atoms with Crippen LogP contribution in [0, 0.1) is 0 Å². The molecule has 0 aliphatic rings. The van der Waals surface area contributed by atoms with Crippen molar-refractivity contribution in [1.29, 1.82) is 0 Å². The van der Waals surface area contributed by atoms with Crippen molar-refractivity contribution < 1.29 is 9.53 Å². The van der Waals surface area contributed by atoms with Crippen molar-refractivity contribution in [3.05, 3.63) is 0 Å². The summed E-state index contributed by atoms with van der Waals surface area (Å²) in [6, 6.07) is 0.166. The summed E-state index contributed by atoms with van der Waals surface area (Å²) in [5.41, 5.74) is -0.432. The smallest absolute Gasteiger partial charge is 0.410 e. The fourth-order valence-corrected chi connectivity index (χ4v) is 3.63. The summed E-state index contributed by atoms with van der Waals surface area (Å²) in [5.74, 6) is 0.900. The lowest BCUT2D eigenvalue weighted by Crippen LogP contribution is -2.40. The van der Waals surface area contributed by atoms with E-state index < -0.39 is 5.60 Å². The second-order valence-electron chi connectivity index (χ2n) is 6.42. The molecule has 5 heteroatoms. The average molecular weight is 293 g/mol. The monoisotopic (exact) mass is 293 g/mol. The highest BCUT2D eigenvalue weighted by atomic mass is 33.1. The van der Waals surface area contributed by atoms with E-state index in [4.69, 9.17) is 4.74 Å². The molecular weight excluding hydrogens is 266 g/mol. The van der Waals surface area contributed by atoms with Crippen LogP contribution in [0.4, 0.5) is 4.79 Å². The van der Waals surface area contributed by atoms with Crippen molar-refractivity contribution in [2.75, 3.05) is 12.8 Å². The highest BCUT2D eigenvalue weighted by Crippen LogP contribution is 2.35. The molecule has 0 heterocycles. The minimum atomic E-state index is -0.432. The van der Waals surface area contributed by atoms with Crippen LogP contribution >= 0.6 is 21.6 Å². The van der Waals surface area contributed by atoms with Crippen LogP contribution in [0.15, 0.2) is 0 Å². The topological polar surface area (TPSA) is 29.5 Å². The van der Waals surface area contributed by atoms with Gasteiger partial charge >= 0.3 is 6.09 Å². The van der Waals surface area contributed by atoms with Crippen molar-refractivity contribution >= 4 is 27.7 Å². The zero-order valence-electron chi connectivity index (χ0n) is 12.9. The Bertz CT molecular complexity index is 269. The van der Waals surface area contributed by atoms with Crippen LogP contribution in [0.2, 0.25) is 0 Å². The lowest BCUT2D eigenvalue weighted by atomic mass is 10.2. The molecule has 0 N–H and O–H groups in total. The molecule has 0 radical (unpaired) electrons. The van der Waals surface area contributed by atoms with Crippen molar-refractivity contribution in [1.82, 2.24) is 4.90 Å². The summed E-state index contributed by atoms with van der Waals surface area (Å²) < 4.78 is 5.58. The second kappa shape index (κ2) is 6.94. The first-order valence-electron chi connectivity index (χ1n) is 6.19. The predicted molar refractivity (Wildman–Crippen MR) is 83.3 cm³/mol. The van der Waals surface area contributed by atoms with Gasteiger partial charge < -0.3 is 9.64 Å². The molecule has 1 amide bonds. The van der Waals surface area contributed by atoms with E-state index in [9.17, 15) is 4.79 Å². The summed E-state index contributed by atoms with van der Waals surface area (Å²) >= 11 is 0. The molecular formula is C13H27NO2S2. The molecule has 0 saturated carbocycles. The van der Waals surface area contributed by atoms with Gasteiger partial charge in [-0.05, 0) is 27.7 Å². The Balaban J connectivity index is 4.10. The molecule has 0 saturated heterocycles. The molecule has 0 aliphatic carbocycles. The van der Waals surface area contributed by atoms with Crippen LogP contribution in [-0.2, 0) is 4.74 Å². The van der Waals surface area contributed by atoms with E-state index >= 15 is 0 Å². The molecule has 18 heavy (non-hydrogen) atoms. The van der Waals surface area contributed by atoms with E-state index in [1.807, 2.05) is 38.5 Å². The fraction of sp³-hybridized carbons (Fsp3) is 0.923. The molecule has 0 aliphatic heterocycles. The van der Waals surface area contributed by atoms with Gasteiger partial charge in [0, 0.05) is 23.6 Å². The van der Waals surface area contributed by atoms with E-state index in [0.29, 0.717) is 0 Å². The van der Waals surface area contributed by atoms with E-state index in [1.54, 1.807) is 22.7 Å². The number of amides is 1. The van der Waals surface area contributed by atoms with Crippen molar-refractivity contribution in [2.45, 2.75) is 64.9 Å². The summed E-state index contributed by atoms with van der Waals surface area (Å²) in [5, 5.41) is 0. The van der Waals surface area contributed by atoms with Crippen molar-refractivity contribution in [2.24, 2.45) is 0 Å². The molecule has 0 unspecified atom stereocenters. The second-order valence-corrected chi connectivity index (χ2v) is 9.59. The Kier molecular flexibility index (Phi) is 6.93. The van der Waals surface area contributed by atoms with Crippen LogP contribution < -0.4 is 0 Å². The predicted octanol–water partition coefficient (Wildman–Crippen LogP) is 4.42. The average Bonchev–Trinajstić information content (AvgIpc) is 2.11. The third-order valence-corrected chi connectivity index (χ3v) is 5.46. The highest BCUT2D eigenvalue weighted by molar-refractivity contribution is 8.77. The van der Waals surface area contributed by atoms with Gasteiger partial charge in [-0.1, -0.05) is 42.4 Å². The third-order valence-electron chi connectivity index (χ3n) is 1.96. The first-order valence-corrected chi connectivity index (χ1v) is 8.51. The highest BCUT2D eigenvalue weighted by Gasteiger charge is 2.23. The lowest BCUT2D eigenvalue weighted by Gasteiger charge is -2.29. The standard InChI is InChI=1S/C13H27NO2S2/c1-10(9-17-18-13(5,6)7)14(8)11(15)16-12(2,3)4/h10H,9H2,1-8H3/t10-/m1/s1. The number of hydrogen-bond donors (Lipinski definition) is 0. The molecule has 0 aromatic heterocycles. The zero-order valence-corrected chi connectivity index (χ0v) is 14.5. The minimum absolute atomic E-state index is 0.166. The van der Waals surface area contributed by atoms with Crippen LogP contribution in [0.1, 0.15) is 48.5 Å². The molecule has 0 aromatic rings. The van der Waals surface area contributed by atoms with Gasteiger partial charge in [-0.25, -0.2) is 4.79 Å². The molecule has 0 spiro atoms. The lowest BCUT2D eigenvalue weighted by molar-refractivity contribution is 0.0252. The Labute approximate surface area is 120 Å². The first kappa shape index (κ1) is 18.0. The van der Waals surface area contributed by atoms with Gasteiger partial charge in [-0.2, -0.15) is 0 Å². The first-order chi connectivity index (χ1) is 7.92. The minimum Gasteiger partial charge on any atom is -0.444 e. The number of carbonyl (C=O) groups excluding carboxylic acids is 1. The van der Waals surface area contributed by atoms with Gasteiger partial charge in [-0.3, -0.25) is 0 Å². The van der Waals surface area contributed by atoms with Crippen LogP contribution in [0.5, 0.6) is 0 Å². The molecule has 0 rings (SSSR count). The molecule has 0 bridgehead atoms. The van der Waals surface area contributed by atoms with E-state index in [0.717, 1.165) is 5.75 Å². The Morgan fingerprint density at radius 2 is 1.72 bits per heavy atom. The molecule has 0 aromatic carbocycles. The fourth-order valence-electron chi connectivity index (χ4n) is 0.935. The van der Waals surface area contributed by atoms with Gasteiger partial charge in [-0.15, -0.1) is 0 Å². The number of carbonyl (C=O) groups is 1. The number of nitrogens with zero attached hydrogens (tertiary/aromatic N) is 1. The van der Waals surface area contributed by atoms with Gasteiger partial charge in [0.05, 0.1) is 0 Å². The van der Waals surface area contributed by atoms with Crippen LogP contribution in [0.3, 0.4) is 0 Å². The number of ether oxygens (including phenoxy) is 1. The third kappa shape index (κ3) is 8.97. The normalized spacial score (nSPS) is 14.2. The maximum Gasteiger partial charge on any atom is 0.410 e. The Hall–Kier alpha value is -0.0300. The van der Waals surface area contributed by atoms with Crippen molar-refractivity contribution in [3.63, 3.8) is 0 Å². The molecule has 1 atom stereocenters. The van der Waals surface area contributed by atoms with Crippen LogP contribution in [0.25, 0.3) is 0 Å². The maximum atomic E-state index is 11.8. The Morgan fingerprint density at radius 1 is 1.22 bits per heavy atom. The van der Waals surface area contributed by atoms with E-state index in [2.05, 4.69) is 20.8 Å². The summed E-state index contributed by atoms with van der Waals surface area (Å²) in [6.07, 6.45) is -0.253. The summed E-state index contributed by atoms with van der Waals surface area (Å²) in [6.45, 7) is 14.3.